The number of carbonyl (C=O) groups is 2. The minimum atomic E-state index is -4.14. The maximum absolute atomic E-state index is 14.7. The number of sulfonamides is 1. The number of benzene rings is 4. The molecule has 46 heavy (non-hydrogen) atoms. The zero-order valence-electron chi connectivity index (χ0n) is 26.2. The molecule has 1 aliphatic rings. The van der Waals surface area contributed by atoms with E-state index in [1.807, 2.05) is 80.6 Å². The summed E-state index contributed by atoms with van der Waals surface area (Å²) in [5, 5.41) is 3.21. The molecule has 1 aliphatic carbocycles. The van der Waals surface area contributed by atoms with Crippen molar-refractivity contribution in [1.29, 1.82) is 0 Å². The van der Waals surface area contributed by atoms with Gasteiger partial charge in [0.1, 0.15) is 12.6 Å². The van der Waals surface area contributed by atoms with Crippen molar-refractivity contribution < 1.29 is 18.0 Å². The Hall–Kier alpha value is -3.95. The molecule has 7 nitrogen and oxygen atoms in total. The van der Waals surface area contributed by atoms with E-state index in [9.17, 15) is 18.0 Å². The van der Waals surface area contributed by atoms with Crippen LogP contribution in [-0.2, 0) is 32.6 Å². The maximum atomic E-state index is 14.7. The SMILES string of the molecule is Cc1ccc(N(CC(=O)N(Cc2ccc(Br)cc2)[C@@H](Cc2ccccc2)C(=O)NC2CCCC2)S(=O)(=O)c2ccccc2)c(C)c1. The summed E-state index contributed by atoms with van der Waals surface area (Å²) in [6.45, 7) is 3.44. The van der Waals surface area contributed by atoms with E-state index >= 15 is 0 Å². The van der Waals surface area contributed by atoms with E-state index in [2.05, 4.69) is 21.2 Å². The summed E-state index contributed by atoms with van der Waals surface area (Å²) in [5.74, 6) is -0.699. The normalized spacial score (nSPS) is 14.1. The number of nitrogens with one attached hydrogen (secondary N) is 1. The third kappa shape index (κ3) is 8.25. The van der Waals surface area contributed by atoms with Crippen molar-refractivity contribution in [3.05, 3.63) is 130 Å². The van der Waals surface area contributed by atoms with Crippen LogP contribution in [0.3, 0.4) is 0 Å². The van der Waals surface area contributed by atoms with E-state index in [-0.39, 0.29) is 29.8 Å². The van der Waals surface area contributed by atoms with Gasteiger partial charge < -0.3 is 10.2 Å². The number of hydrogen-bond donors (Lipinski definition) is 1. The molecule has 5 rings (SSSR count). The molecule has 0 heterocycles. The molecule has 0 spiro atoms. The molecule has 1 atom stereocenters. The van der Waals surface area contributed by atoms with Crippen molar-refractivity contribution in [1.82, 2.24) is 10.2 Å². The number of anilines is 1. The Morgan fingerprint density at radius 2 is 1.48 bits per heavy atom. The number of nitrogens with zero attached hydrogens (tertiary/aromatic N) is 2. The van der Waals surface area contributed by atoms with Gasteiger partial charge in [0.25, 0.3) is 10.0 Å². The van der Waals surface area contributed by atoms with Crippen LogP contribution in [0.25, 0.3) is 0 Å². The van der Waals surface area contributed by atoms with Gasteiger partial charge in [-0.3, -0.25) is 13.9 Å². The molecule has 0 bridgehead atoms. The highest BCUT2D eigenvalue weighted by atomic mass is 79.9. The van der Waals surface area contributed by atoms with Crippen molar-refractivity contribution in [2.24, 2.45) is 0 Å². The topological polar surface area (TPSA) is 86.8 Å². The zero-order valence-corrected chi connectivity index (χ0v) is 28.6. The average Bonchev–Trinajstić information content (AvgIpc) is 3.56. The molecule has 1 saturated carbocycles. The van der Waals surface area contributed by atoms with Gasteiger partial charge in [-0.25, -0.2) is 8.42 Å². The molecular weight excluding hydrogens is 662 g/mol. The van der Waals surface area contributed by atoms with Crippen LogP contribution in [0.1, 0.15) is 47.9 Å². The second-order valence-corrected chi connectivity index (χ2v) is 14.7. The molecule has 0 aromatic heterocycles. The van der Waals surface area contributed by atoms with E-state index in [4.69, 9.17) is 0 Å². The predicted octanol–water partition coefficient (Wildman–Crippen LogP) is 6.96. The van der Waals surface area contributed by atoms with Gasteiger partial charge in [0.2, 0.25) is 11.8 Å². The molecule has 1 N–H and O–H groups in total. The van der Waals surface area contributed by atoms with Crippen LogP contribution in [-0.4, -0.2) is 43.8 Å². The lowest BCUT2D eigenvalue weighted by Crippen LogP contribution is -2.54. The molecule has 0 saturated heterocycles. The summed E-state index contributed by atoms with van der Waals surface area (Å²) in [4.78, 5) is 30.4. The van der Waals surface area contributed by atoms with E-state index in [1.54, 1.807) is 29.2 Å². The number of hydrogen-bond acceptors (Lipinski definition) is 4. The van der Waals surface area contributed by atoms with Gasteiger partial charge in [-0.15, -0.1) is 0 Å². The highest BCUT2D eigenvalue weighted by molar-refractivity contribution is 9.10. The van der Waals surface area contributed by atoms with Gasteiger partial charge in [0.05, 0.1) is 10.6 Å². The monoisotopic (exact) mass is 701 g/mol. The van der Waals surface area contributed by atoms with Crippen LogP contribution in [0.4, 0.5) is 5.69 Å². The predicted molar refractivity (Wildman–Crippen MR) is 186 cm³/mol. The number of aryl methyl sites for hydroxylation is 2. The molecule has 9 heteroatoms. The first-order valence-electron chi connectivity index (χ1n) is 15.6. The standard InChI is InChI=1S/C37H40BrN3O4S/c1-27-17-22-34(28(2)23-27)41(46(44,45)33-15-7-4-8-16-33)26-36(42)40(25-30-18-20-31(38)21-19-30)35(24-29-11-5-3-6-12-29)37(43)39-32-13-9-10-14-32/h3-8,11-12,15-23,32,35H,9-10,13-14,24-26H2,1-2H3,(H,39,43)/t35-/m0/s1. The quantitative estimate of drug-likeness (QED) is 0.173. The largest absolute Gasteiger partial charge is 0.352 e. The van der Waals surface area contributed by atoms with Crippen LogP contribution >= 0.6 is 15.9 Å². The summed E-state index contributed by atoms with van der Waals surface area (Å²) in [6.07, 6.45) is 4.20. The Balaban J connectivity index is 1.57. The Morgan fingerprint density at radius 3 is 2.11 bits per heavy atom. The summed E-state index contributed by atoms with van der Waals surface area (Å²) >= 11 is 3.48. The molecule has 1 fully saturated rings. The van der Waals surface area contributed by atoms with E-state index < -0.39 is 28.5 Å². The van der Waals surface area contributed by atoms with Gasteiger partial charge in [-0.1, -0.05) is 107 Å². The van der Waals surface area contributed by atoms with E-state index in [1.165, 1.54) is 16.4 Å². The van der Waals surface area contributed by atoms with Crippen LogP contribution in [0, 0.1) is 13.8 Å². The lowest BCUT2D eigenvalue weighted by Gasteiger charge is -2.34. The fraction of sp³-hybridized carbons (Fsp3) is 0.297. The number of halogens is 1. The molecule has 0 unspecified atom stereocenters. The highest BCUT2D eigenvalue weighted by Crippen LogP contribution is 2.29. The Bertz CT molecular complexity index is 1740. The molecule has 4 aromatic carbocycles. The fourth-order valence-corrected chi connectivity index (χ4v) is 7.79. The molecule has 0 radical (unpaired) electrons. The lowest BCUT2D eigenvalue weighted by molar-refractivity contribution is -0.140. The first-order valence-corrected chi connectivity index (χ1v) is 17.9. The maximum Gasteiger partial charge on any atom is 0.264 e. The highest BCUT2D eigenvalue weighted by Gasteiger charge is 2.36. The van der Waals surface area contributed by atoms with E-state index in [0.29, 0.717) is 5.69 Å². The first kappa shape index (κ1) is 33.4. The van der Waals surface area contributed by atoms with Gasteiger partial charge in [0.15, 0.2) is 0 Å². The summed E-state index contributed by atoms with van der Waals surface area (Å²) in [6, 6.07) is 30.0. The van der Waals surface area contributed by atoms with Gasteiger partial charge in [-0.2, -0.15) is 0 Å². The number of carbonyl (C=O) groups excluding carboxylic acids is 2. The molecule has 2 amide bonds. The van der Waals surface area contributed by atoms with Crippen molar-refractivity contribution in [3.8, 4) is 0 Å². The van der Waals surface area contributed by atoms with Gasteiger partial charge >= 0.3 is 0 Å². The second kappa shape index (κ2) is 15.1. The Labute approximate surface area is 280 Å². The smallest absolute Gasteiger partial charge is 0.264 e. The van der Waals surface area contributed by atoms with Crippen molar-refractivity contribution in [2.45, 2.75) is 69.5 Å². The Kier molecular flexibility index (Phi) is 11.0. The zero-order chi connectivity index (χ0) is 32.7. The average molecular weight is 703 g/mol. The third-order valence-electron chi connectivity index (χ3n) is 8.47. The summed E-state index contributed by atoms with van der Waals surface area (Å²) < 4.78 is 30.5. The van der Waals surface area contributed by atoms with Gasteiger partial charge in [-0.05, 0) is 73.7 Å². The summed E-state index contributed by atoms with van der Waals surface area (Å²) in [5.41, 5.74) is 3.86. The number of amides is 2. The Morgan fingerprint density at radius 1 is 0.848 bits per heavy atom. The molecule has 4 aromatic rings. The molecule has 240 valence electrons. The first-order chi connectivity index (χ1) is 22.1. The number of rotatable bonds is 12. The molecular formula is C37H40BrN3O4S. The van der Waals surface area contributed by atoms with Crippen molar-refractivity contribution in [2.75, 3.05) is 10.8 Å². The van der Waals surface area contributed by atoms with Crippen LogP contribution in [0.5, 0.6) is 0 Å². The minimum Gasteiger partial charge on any atom is -0.352 e. The van der Waals surface area contributed by atoms with Crippen LogP contribution in [0.15, 0.2) is 112 Å². The lowest BCUT2D eigenvalue weighted by atomic mass is 10.0. The van der Waals surface area contributed by atoms with Crippen LogP contribution in [0.2, 0.25) is 0 Å². The van der Waals surface area contributed by atoms with Gasteiger partial charge in [0, 0.05) is 23.5 Å². The molecule has 0 aliphatic heterocycles. The van der Waals surface area contributed by atoms with Crippen LogP contribution < -0.4 is 9.62 Å². The third-order valence-corrected chi connectivity index (χ3v) is 10.8. The minimum absolute atomic E-state index is 0.0561. The second-order valence-electron chi connectivity index (χ2n) is 12.0. The summed E-state index contributed by atoms with van der Waals surface area (Å²) in [7, 11) is -4.14. The van der Waals surface area contributed by atoms with E-state index in [0.717, 1.165) is 52.4 Å². The van der Waals surface area contributed by atoms with Crippen molar-refractivity contribution in [3.63, 3.8) is 0 Å². The fourth-order valence-electron chi connectivity index (χ4n) is 6.03. The van der Waals surface area contributed by atoms with Crippen molar-refractivity contribution >= 4 is 43.5 Å².